The highest BCUT2D eigenvalue weighted by molar-refractivity contribution is 6.28. The molecule has 0 aromatic carbocycles. The van der Waals surface area contributed by atoms with Crippen molar-refractivity contribution in [3.63, 3.8) is 0 Å². The number of nitrogens with one attached hydrogen (secondary N) is 1. The summed E-state index contributed by atoms with van der Waals surface area (Å²) >= 11 is 0. The monoisotopic (exact) mass is 108 g/mol. The van der Waals surface area contributed by atoms with Crippen molar-refractivity contribution >= 4 is 7.48 Å². The first-order valence-corrected chi connectivity index (χ1v) is 2.50. The van der Waals surface area contributed by atoms with Crippen molar-refractivity contribution in [3.8, 4) is 0 Å². The summed E-state index contributed by atoms with van der Waals surface area (Å²) in [5.74, 6) is -0.000000000000000444. The predicted octanol–water partition coefficient (Wildman–Crippen LogP) is -0.403. The first-order valence-electron chi connectivity index (χ1n) is 2.50. The fraction of sp³-hybridized carbons (Fsp3) is 0.200. The quantitative estimate of drug-likeness (QED) is 0.448. The topological polar surface area (TPSA) is 32.3 Å². The summed E-state index contributed by atoms with van der Waals surface area (Å²) in [7, 11) is 1.11. The Morgan fingerprint density at radius 2 is 2.38 bits per heavy atom. The van der Waals surface area contributed by atoms with Crippen LogP contribution < -0.4 is 5.32 Å². The minimum absolute atomic E-state index is 0.000000000000000444. The van der Waals surface area contributed by atoms with Crippen molar-refractivity contribution in [3.05, 3.63) is 24.4 Å². The van der Waals surface area contributed by atoms with E-state index in [9.17, 15) is 0 Å². The number of hydrogen-bond donors (Lipinski definition) is 2. The molecule has 0 fully saturated rings. The standard InChI is InChI=1S/C5H7BNO/c8-6-5-3-1-2-4-7-5/h1-5,7-8H/t5-/m1/s1. The van der Waals surface area contributed by atoms with Crippen LogP contribution in [0.25, 0.3) is 0 Å². The zero-order valence-corrected chi connectivity index (χ0v) is 4.41. The van der Waals surface area contributed by atoms with E-state index in [1.165, 1.54) is 0 Å². The molecule has 8 heavy (non-hydrogen) atoms. The molecule has 1 rings (SSSR count). The Labute approximate surface area is 49.2 Å². The van der Waals surface area contributed by atoms with Gasteiger partial charge in [0.1, 0.15) is 0 Å². The minimum atomic E-state index is -0.000000000000000444. The van der Waals surface area contributed by atoms with Gasteiger partial charge < -0.3 is 10.3 Å². The van der Waals surface area contributed by atoms with E-state index in [2.05, 4.69) is 5.32 Å². The van der Waals surface area contributed by atoms with Crippen molar-refractivity contribution in [1.82, 2.24) is 5.32 Å². The maximum absolute atomic E-state index is 8.42. The lowest BCUT2D eigenvalue weighted by molar-refractivity contribution is 0.582. The molecule has 1 aliphatic heterocycles. The molecule has 0 aromatic heterocycles. The highest BCUT2D eigenvalue weighted by Gasteiger charge is 2.01. The fourth-order valence-electron chi connectivity index (χ4n) is 0.554. The van der Waals surface area contributed by atoms with Gasteiger partial charge in [0.25, 0.3) is 0 Å². The predicted molar refractivity (Wildman–Crippen MR) is 33.2 cm³/mol. The van der Waals surface area contributed by atoms with E-state index >= 15 is 0 Å². The first-order chi connectivity index (χ1) is 3.93. The second kappa shape index (κ2) is 2.57. The highest BCUT2D eigenvalue weighted by atomic mass is 16.2. The smallest absolute Gasteiger partial charge is 0.316 e. The average molecular weight is 108 g/mol. The molecule has 1 aliphatic rings. The Morgan fingerprint density at radius 3 is 2.75 bits per heavy atom. The van der Waals surface area contributed by atoms with E-state index in [-0.39, 0.29) is 5.94 Å². The molecular weight excluding hydrogens is 101 g/mol. The number of hydrogen-bond acceptors (Lipinski definition) is 2. The Kier molecular flexibility index (Phi) is 1.75. The van der Waals surface area contributed by atoms with Crippen LogP contribution in [0.15, 0.2) is 24.4 Å². The van der Waals surface area contributed by atoms with Crippen LogP contribution in [-0.2, 0) is 0 Å². The largest absolute Gasteiger partial charge is 0.452 e. The van der Waals surface area contributed by atoms with Gasteiger partial charge in [0, 0.05) is 5.94 Å². The van der Waals surface area contributed by atoms with Gasteiger partial charge in [-0.25, -0.2) is 0 Å². The van der Waals surface area contributed by atoms with Crippen LogP contribution in [-0.4, -0.2) is 18.4 Å². The molecule has 1 heterocycles. The van der Waals surface area contributed by atoms with Gasteiger partial charge >= 0.3 is 7.48 Å². The summed E-state index contributed by atoms with van der Waals surface area (Å²) < 4.78 is 0. The van der Waals surface area contributed by atoms with E-state index < -0.39 is 0 Å². The minimum Gasteiger partial charge on any atom is -0.452 e. The van der Waals surface area contributed by atoms with Crippen LogP contribution in [0, 0.1) is 0 Å². The molecule has 0 aliphatic carbocycles. The van der Waals surface area contributed by atoms with Crippen LogP contribution >= 0.6 is 0 Å². The number of allylic oxidation sites excluding steroid dienone is 2. The molecule has 0 amide bonds. The molecule has 0 saturated heterocycles. The molecule has 3 heteroatoms. The first kappa shape index (κ1) is 5.44. The average Bonchev–Trinajstić information content (AvgIpc) is 1.90. The number of dihydropyridines is 1. The highest BCUT2D eigenvalue weighted by Crippen LogP contribution is 1.89. The van der Waals surface area contributed by atoms with Crippen molar-refractivity contribution < 1.29 is 5.02 Å². The van der Waals surface area contributed by atoms with Crippen molar-refractivity contribution in [2.45, 2.75) is 5.94 Å². The number of rotatable bonds is 1. The van der Waals surface area contributed by atoms with Gasteiger partial charge in [-0.05, 0) is 12.3 Å². The SMILES string of the molecule is O[B][C@H]1C=CC=CN1. The summed E-state index contributed by atoms with van der Waals surface area (Å²) in [6.07, 6.45) is 7.41. The van der Waals surface area contributed by atoms with E-state index in [0.717, 1.165) is 7.48 Å². The van der Waals surface area contributed by atoms with Gasteiger partial charge in [0.15, 0.2) is 0 Å². The molecule has 1 radical (unpaired) electrons. The molecule has 1 atom stereocenters. The van der Waals surface area contributed by atoms with E-state index in [4.69, 9.17) is 5.02 Å². The van der Waals surface area contributed by atoms with Crippen LogP contribution in [0.2, 0.25) is 0 Å². The summed E-state index contributed by atoms with van der Waals surface area (Å²) in [5.41, 5.74) is 0. The third-order valence-electron chi connectivity index (χ3n) is 0.975. The molecule has 0 bridgehead atoms. The molecule has 0 spiro atoms. The van der Waals surface area contributed by atoms with Gasteiger partial charge in [-0.1, -0.05) is 12.2 Å². The van der Waals surface area contributed by atoms with Crippen LogP contribution in [0.3, 0.4) is 0 Å². The Hall–Kier alpha value is -0.695. The van der Waals surface area contributed by atoms with Gasteiger partial charge in [0.2, 0.25) is 0 Å². The van der Waals surface area contributed by atoms with Crippen LogP contribution in [0.1, 0.15) is 0 Å². The van der Waals surface area contributed by atoms with Crippen LogP contribution in [0.5, 0.6) is 0 Å². The Bertz CT molecular complexity index is 122. The molecule has 0 aromatic rings. The summed E-state index contributed by atoms with van der Waals surface area (Å²) in [6, 6.07) is 0. The lowest BCUT2D eigenvalue weighted by Crippen LogP contribution is -2.29. The summed E-state index contributed by atoms with van der Waals surface area (Å²) in [4.78, 5) is 0. The zero-order valence-electron chi connectivity index (χ0n) is 4.41. The van der Waals surface area contributed by atoms with Gasteiger partial charge in [-0.15, -0.1) is 0 Å². The van der Waals surface area contributed by atoms with Crippen molar-refractivity contribution in [2.24, 2.45) is 0 Å². The third-order valence-corrected chi connectivity index (χ3v) is 0.975. The van der Waals surface area contributed by atoms with Crippen molar-refractivity contribution in [1.29, 1.82) is 0 Å². The van der Waals surface area contributed by atoms with Crippen LogP contribution in [0.4, 0.5) is 0 Å². The van der Waals surface area contributed by atoms with E-state index in [0.29, 0.717) is 0 Å². The lowest BCUT2D eigenvalue weighted by atomic mass is 9.87. The van der Waals surface area contributed by atoms with E-state index in [1.54, 1.807) is 6.20 Å². The maximum atomic E-state index is 8.42. The van der Waals surface area contributed by atoms with Gasteiger partial charge in [-0.2, -0.15) is 0 Å². The Morgan fingerprint density at radius 1 is 1.50 bits per heavy atom. The third kappa shape index (κ3) is 1.14. The summed E-state index contributed by atoms with van der Waals surface area (Å²) in [5, 5.41) is 11.3. The summed E-state index contributed by atoms with van der Waals surface area (Å²) in [6.45, 7) is 0. The van der Waals surface area contributed by atoms with E-state index in [1.807, 2.05) is 18.2 Å². The van der Waals surface area contributed by atoms with Crippen molar-refractivity contribution in [2.75, 3.05) is 0 Å². The fourth-order valence-corrected chi connectivity index (χ4v) is 0.554. The zero-order chi connectivity index (χ0) is 5.82. The normalized spacial score (nSPS) is 24.9. The molecule has 0 saturated carbocycles. The molecule has 2 nitrogen and oxygen atoms in total. The lowest BCUT2D eigenvalue weighted by Gasteiger charge is -2.09. The molecule has 0 unspecified atom stereocenters. The molecule has 41 valence electrons. The van der Waals surface area contributed by atoms with Gasteiger partial charge in [0.05, 0.1) is 0 Å². The van der Waals surface area contributed by atoms with Gasteiger partial charge in [-0.3, -0.25) is 0 Å². The second-order valence-corrected chi connectivity index (χ2v) is 1.59. The second-order valence-electron chi connectivity index (χ2n) is 1.59. The molecular formula is C5H7BNO. The molecule has 2 N–H and O–H groups in total. The maximum Gasteiger partial charge on any atom is 0.316 e. The Balaban J connectivity index is 2.40.